The van der Waals surface area contributed by atoms with Crippen LogP contribution in [0.1, 0.15) is 23.1 Å². The van der Waals surface area contributed by atoms with Crippen LogP contribution in [0.25, 0.3) is 0 Å². The van der Waals surface area contributed by atoms with Gasteiger partial charge in [-0.15, -0.1) is 0 Å². The van der Waals surface area contributed by atoms with Crippen LogP contribution in [-0.2, 0) is 10.3 Å². The van der Waals surface area contributed by atoms with Crippen molar-refractivity contribution in [3.63, 3.8) is 0 Å². The van der Waals surface area contributed by atoms with E-state index in [-0.39, 0.29) is 12.6 Å². The number of rotatable bonds is 11. The molecule has 3 aromatic carbocycles. The lowest BCUT2D eigenvalue weighted by molar-refractivity contribution is -0.0762. The molecule has 0 saturated carbocycles. The number of piperazine rings is 2. The fourth-order valence-corrected chi connectivity index (χ4v) is 6.01. The molecule has 3 aromatic rings. The van der Waals surface area contributed by atoms with Gasteiger partial charge in [0.2, 0.25) is 0 Å². The van der Waals surface area contributed by atoms with E-state index >= 15 is 0 Å². The Labute approximate surface area is 254 Å². The zero-order valence-corrected chi connectivity index (χ0v) is 25.3. The molecule has 0 bridgehead atoms. The van der Waals surface area contributed by atoms with Gasteiger partial charge in [-0.3, -0.25) is 4.90 Å². The largest absolute Gasteiger partial charge is 0.497 e. The maximum atomic E-state index is 13.0. The van der Waals surface area contributed by atoms with Crippen molar-refractivity contribution in [2.45, 2.75) is 18.1 Å². The van der Waals surface area contributed by atoms with E-state index in [0.717, 1.165) is 74.0 Å². The minimum absolute atomic E-state index is 0.123. The summed E-state index contributed by atoms with van der Waals surface area (Å²) in [5.74, 6) is 1.52. The number of ether oxygens (including phenoxy) is 3. The molecule has 9 nitrogen and oxygen atoms in total. The van der Waals surface area contributed by atoms with Gasteiger partial charge in [-0.1, -0.05) is 54.6 Å². The summed E-state index contributed by atoms with van der Waals surface area (Å²) in [6, 6.07) is 26.2. The van der Waals surface area contributed by atoms with Crippen molar-refractivity contribution >= 4 is 6.03 Å². The highest BCUT2D eigenvalue weighted by Crippen LogP contribution is 2.42. The first-order valence-corrected chi connectivity index (χ1v) is 15.2. The van der Waals surface area contributed by atoms with Gasteiger partial charge in [-0.05, 0) is 47.4 Å². The summed E-state index contributed by atoms with van der Waals surface area (Å²) < 4.78 is 18.0. The number of hydrogen-bond acceptors (Lipinski definition) is 7. The lowest BCUT2D eigenvalue weighted by Crippen LogP contribution is -2.56. The number of aliphatic hydroxyl groups is 1. The molecule has 2 aliphatic heterocycles. The van der Waals surface area contributed by atoms with E-state index in [0.29, 0.717) is 19.5 Å². The van der Waals surface area contributed by atoms with Crippen molar-refractivity contribution in [3.8, 4) is 11.5 Å². The maximum absolute atomic E-state index is 13.0. The topological polar surface area (TPSA) is 86.7 Å². The molecule has 43 heavy (non-hydrogen) atoms. The monoisotopic (exact) mass is 588 g/mol. The molecule has 1 atom stereocenters. The van der Waals surface area contributed by atoms with Crippen LogP contribution in [0.5, 0.6) is 11.5 Å². The second kappa shape index (κ2) is 14.7. The van der Waals surface area contributed by atoms with Gasteiger partial charge in [0, 0.05) is 58.9 Å². The summed E-state index contributed by atoms with van der Waals surface area (Å²) in [5.41, 5.74) is 1.84. The smallest absolute Gasteiger partial charge is 0.320 e. The highest BCUT2D eigenvalue weighted by molar-refractivity contribution is 5.74. The van der Waals surface area contributed by atoms with E-state index in [2.05, 4.69) is 22.3 Å². The molecule has 9 heteroatoms. The van der Waals surface area contributed by atoms with Gasteiger partial charge in [0.15, 0.2) is 0 Å². The second-order valence-corrected chi connectivity index (χ2v) is 11.1. The van der Waals surface area contributed by atoms with Crippen molar-refractivity contribution in [2.75, 3.05) is 79.7 Å². The zero-order chi connectivity index (χ0) is 30.1. The van der Waals surface area contributed by atoms with Crippen LogP contribution in [0, 0.1) is 0 Å². The summed E-state index contributed by atoms with van der Waals surface area (Å²) in [5, 5.41) is 13.9. The van der Waals surface area contributed by atoms with Crippen molar-refractivity contribution in [2.24, 2.45) is 0 Å². The molecule has 230 valence electrons. The average molecular weight is 589 g/mol. The van der Waals surface area contributed by atoms with Gasteiger partial charge < -0.3 is 34.4 Å². The molecule has 5 rings (SSSR count). The van der Waals surface area contributed by atoms with Crippen molar-refractivity contribution < 1.29 is 24.1 Å². The maximum Gasteiger partial charge on any atom is 0.320 e. The molecule has 2 saturated heterocycles. The van der Waals surface area contributed by atoms with E-state index in [9.17, 15) is 9.90 Å². The Balaban J connectivity index is 1.35. The number of hydrogen-bond donors (Lipinski definition) is 2. The van der Waals surface area contributed by atoms with Crippen LogP contribution in [0.4, 0.5) is 4.79 Å². The third kappa shape index (κ3) is 7.13. The number of nitrogens with one attached hydrogen (secondary N) is 1. The van der Waals surface area contributed by atoms with Crippen LogP contribution in [0.2, 0.25) is 0 Å². The number of carbonyl (C=O) groups excluding carboxylic acids is 1. The van der Waals surface area contributed by atoms with Crippen LogP contribution in [0.3, 0.4) is 0 Å². The van der Waals surface area contributed by atoms with Gasteiger partial charge in [-0.2, -0.15) is 0 Å². The van der Waals surface area contributed by atoms with E-state index in [1.165, 1.54) is 0 Å². The Morgan fingerprint density at radius 3 is 1.79 bits per heavy atom. The van der Waals surface area contributed by atoms with Crippen LogP contribution >= 0.6 is 0 Å². The minimum Gasteiger partial charge on any atom is -0.497 e. The van der Waals surface area contributed by atoms with Gasteiger partial charge in [0.25, 0.3) is 0 Å². The van der Waals surface area contributed by atoms with E-state index in [1.807, 2.05) is 76.5 Å². The number of methoxy groups -OCH3 is 2. The molecule has 0 aliphatic carbocycles. The van der Waals surface area contributed by atoms with Crippen molar-refractivity contribution in [1.29, 1.82) is 0 Å². The van der Waals surface area contributed by atoms with Gasteiger partial charge in [-0.25, -0.2) is 4.79 Å². The number of aliphatic hydroxyl groups excluding tert-OH is 1. The Kier molecular flexibility index (Phi) is 10.5. The summed E-state index contributed by atoms with van der Waals surface area (Å²) >= 11 is 0. The number of carbonyl (C=O) groups is 1. The summed E-state index contributed by atoms with van der Waals surface area (Å²) in [6.07, 6.45) is 0.202. The Hall–Kier alpha value is -3.63. The van der Waals surface area contributed by atoms with Crippen LogP contribution < -0.4 is 14.8 Å². The number of urea groups is 1. The third-order valence-corrected chi connectivity index (χ3v) is 8.52. The zero-order valence-electron chi connectivity index (χ0n) is 25.3. The van der Waals surface area contributed by atoms with Gasteiger partial charge in [0.1, 0.15) is 17.1 Å². The standard InChI is InChI=1S/C34H44N4O5/c1-41-30-12-8-28(9-13-30)34(27-6-4-3-5-7-27,29-10-14-31(42-2)15-11-29)43-32(26-39)16-19-36-22-24-38(25-23-36)33(40)37-20-17-35-18-21-37/h3-15,32,35,39H,16-26H2,1-2H3. The minimum atomic E-state index is -0.985. The molecular weight excluding hydrogens is 544 g/mol. The molecule has 0 spiro atoms. The molecule has 2 fully saturated rings. The molecule has 0 aromatic heterocycles. The van der Waals surface area contributed by atoms with Crippen molar-refractivity contribution in [1.82, 2.24) is 20.0 Å². The molecule has 2 aliphatic rings. The lowest BCUT2D eigenvalue weighted by atomic mass is 9.79. The van der Waals surface area contributed by atoms with Crippen LogP contribution in [0.15, 0.2) is 78.9 Å². The Bertz CT molecular complexity index is 1230. The number of nitrogens with zero attached hydrogens (tertiary/aromatic N) is 3. The van der Waals surface area contributed by atoms with Crippen molar-refractivity contribution in [3.05, 3.63) is 95.6 Å². The third-order valence-electron chi connectivity index (χ3n) is 8.52. The summed E-state index contributed by atoms with van der Waals surface area (Å²) in [4.78, 5) is 19.2. The number of amides is 2. The SMILES string of the molecule is COc1ccc(C(OC(CO)CCN2CCN(C(=O)N3CCNCC3)CC2)(c2ccccc2)c2ccc(OC)cc2)cc1. The quantitative estimate of drug-likeness (QED) is 0.332. The van der Waals surface area contributed by atoms with Gasteiger partial charge in [0.05, 0.1) is 26.9 Å². The second-order valence-electron chi connectivity index (χ2n) is 11.1. The van der Waals surface area contributed by atoms with Gasteiger partial charge >= 0.3 is 6.03 Å². The highest BCUT2D eigenvalue weighted by atomic mass is 16.5. The first-order valence-electron chi connectivity index (χ1n) is 15.2. The van der Waals surface area contributed by atoms with E-state index < -0.39 is 11.7 Å². The normalized spacial score (nSPS) is 17.0. The molecular formula is C34H44N4O5. The first-order chi connectivity index (χ1) is 21.1. The summed E-state index contributed by atoms with van der Waals surface area (Å²) in [7, 11) is 3.31. The molecule has 1 unspecified atom stereocenters. The Morgan fingerprint density at radius 2 is 1.28 bits per heavy atom. The fourth-order valence-electron chi connectivity index (χ4n) is 6.01. The van der Waals surface area contributed by atoms with Crippen LogP contribution in [-0.4, -0.2) is 112 Å². The molecule has 2 heterocycles. The lowest BCUT2D eigenvalue weighted by Gasteiger charge is -2.40. The predicted molar refractivity (Wildman–Crippen MR) is 167 cm³/mol. The average Bonchev–Trinajstić information content (AvgIpc) is 3.09. The molecule has 2 amide bonds. The Morgan fingerprint density at radius 1 is 0.767 bits per heavy atom. The number of benzene rings is 3. The highest BCUT2D eigenvalue weighted by Gasteiger charge is 2.40. The predicted octanol–water partition coefficient (Wildman–Crippen LogP) is 3.41. The van der Waals surface area contributed by atoms with E-state index in [4.69, 9.17) is 14.2 Å². The first kappa shape index (κ1) is 30.8. The molecule has 2 N–H and O–H groups in total. The summed E-state index contributed by atoms with van der Waals surface area (Å²) in [6.45, 7) is 6.89. The fraction of sp³-hybridized carbons (Fsp3) is 0.441. The van der Waals surface area contributed by atoms with E-state index in [1.54, 1.807) is 14.2 Å². The molecule has 0 radical (unpaired) electrons.